The van der Waals surface area contributed by atoms with Gasteiger partial charge in [-0.3, -0.25) is 14.9 Å². The second kappa shape index (κ2) is 8.19. The molecule has 11 heteroatoms. The van der Waals surface area contributed by atoms with Crippen LogP contribution in [0.5, 0.6) is 0 Å². The van der Waals surface area contributed by atoms with Crippen molar-refractivity contribution in [3.63, 3.8) is 0 Å². The van der Waals surface area contributed by atoms with Gasteiger partial charge in [0.05, 0.1) is 10.6 Å². The molecule has 1 amide bonds. The zero-order valence-corrected chi connectivity index (χ0v) is 14.9. The number of ether oxygens (including phenoxy) is 1. The average molecular weight is 450 g/mol. The van der Waals surface area contributed by atoms with Crippen molar-refractivity contribution in [2.75, 3.05) is 11.9 Å². The van der Waals surface area contributed by atoms with Crippen LogP contribution in [0.4, 0.5) is 20.2 Å². The van der Waals surface area contributed by atoms with Gasteiger partial charge < -0.3 is 10.1 Å². The molecule has 0 saturated carbocycles. The summed E-state index contributed by atoms with van der Waals surface area (Å²) in [6.45, 7) is -0.845. The first-order chi connectivity index (χ1) is 12.2. The molecule has 2 rings (SSSR count). The number of benzene rings is 2. The Morgan fingerprint density at radius 2 is 1.96 bits per heavy atom. The van der Waals surface area contributed by atoms with Crippen LogP contribution < -0.4 is 5.32 Å². The van der Waals surface area contributed by atoms with Crippen molar-refractivity contribution in [3.8, 4) is 0 Å². The molecule has 0 bridgehead atoms. The molecule has 0 aliphatic carbocycles. The summed E-state index contributed by atoms with van der Waals surface area (Å²) in [6, 6.07) is 4.78. The lowest BCUT2D eigenvalue weighted by atomic mass is 10.2. The molecule has 0 spiro atoms. The number of esters is 1. The Hall–Kier alpha value is -2.59. The van der Waals surface area contributed by atoms with Gasteiger partial charge in [0.2, 0.25) is 0 Å². The molecule has 0 aliphatic rings. The maximum atomic E-state index is 13.6. The summed E-state index contributed by atoms with van der Waals surface area (Å²) in [5.74, 6) is -3.96. The van der Waals surface area contributed by atoms with E-state index >= 15 is 0 Å². The summed E-state index contributed by atoms with van der Waals surface area (Å²) < 4.78 is 31.3. The number of halogens is 4. The molecule has 136 valence electrons. The number of nitro benzene ring substituents is 1. The van der Waals surface area contributed by atoms with E-state index in [2.05, 4.69) is 26.0 Å². The Bertz CT molecular complexity index is 887. The largest absolute Gasteiger partial charge is 0.452 e. The van der Waals surface area contributed by atoms with Gasteiger partial charge >= 0.3 is 5.97 Å². The molecule has 0 unspecified atom stereocenters. The number of hydrogen-bond acceptors (Lipinski definition) is 5. The normalized spacial score (nSPS) is 10.3. The molecule has 0 aromatic heterocycles. The van der Waals surface area contributed by atoms with E-state index < -0.39 is 46.3 Å². The first-order valence-electron chi connectivity index (χ1n) is 6.74. The highest BCUT2D eigenvalue weighted by Crippen LogP contribution is 2.27. The van der Waals surface area contributed by atoms with Crippen LogP contribution in [0.2, 0.25) is 5.02 Å². The predicted octanol–water partition coefficient (Wildman–Crippen LogP) is 4.08. The van der Waals surface area contributed by atoms with E-state index in [4.69, 9.17) is 11.6 Å². The smallest absolute Gasteiger partial charge is 0.345 e. The molecule has 2 aromatic rings. The zero-order chi connectivity index (χ0) is 19.4. The van der Waals surface area contributed by atoms with Gasteiger partial charge in [-0.1, -0.05) is 11.6 Å². The van der Waals surface area contributed by atoms with Crippen LogP contribution in [0.3, 0.4) is 0 Å². The van der Waals surface area contributed by atoms with Crippen molar-refractivity contribution in [2.45, 2.75) is 0 Å². The van der Waals surface area contributed by atoms with Gasteiger partial charge in [-0.25, -0.2) is 13.6 Å². The lowest BCUT2D eigenvalue weighted by Crippen LogP contribution is -2.22. The lowest BCUT2D eigenvalue weighted by molar-refractivity contribution is -0.385. The number of carbonyl (C=O) groups is 2. The summed E-state index contributed by atoms with van der Waals surface area (Å²) >= 11 is 8.52. The molecule has 0 fully saturated rings. The van der Waals surface area contributed by atoms with Gasteiger partial charge in [-0.2, -0.15) is 0 Å². The van der Waals surface area contributed by atoms with E-state index in [1.54, 1.807) is 0 Å². The molecule has 1 N–H and O–H groups in total. The van der Waals surface area contributed by atoms with Gasteiger partial charge in [0.1, 0.15) is 11.4 Å². The maximum absolute atomic E-state index is 13.6. The van der Waals surface area contributed by atoms with E-state index in [0.717, 1.165) is 18.2 Å². The Labute approximate surface area is 158 Å². The summed E-state index contributed by atoms with van der Waals surface area (Å²) in [4.78, 5) is 33.8. The van der Waals surface area contributed by atoms with Crippen molar-refractivity contribution in [3.05, 3.63) is 67.1 Å². The van der Waals surface area contributed by atoms with Crippen molar-refractivity contribution < 1.29 is 28.0 Å². The molecule has 0 saturated heterocycles. The van der Waals surface area contributed by atoms with Crippen LogP contribution in [0.25, 0.3) is 0 Å². The van der Waals surface area contributed by atoms with E-state index in [9.17, 15) is 28.5 Å². The van der Waals surface area contributed by atoms with Crippen LogP contribution in [-0.2, 0) is 9.53 Å². The maximum Gasteiger partial charge on any atom is 0.345 e. The molecule has 0 atom stereocenters. The number of anilines is 1. The number of amides is 1. The van der Waals surface area contributed by atoms with E-state index in [-0.39, 0.29) is 15.2 Å². The van der Waals surface area contributed by atoms with Crippen LogP contribution >= 0.6 is 27.5 Å². The van der Waals surface area contributed by atoms with Gasteiger partial charge in [-0.05, 0) is 34.1 Å². The van der Waals surface area contributed by atoms with Gasteiger partial charge in [-0.15, -0.1) is 0 Å². The minimum absolute atomic E-state index is 0.0441. The first kappa shape index (κ1) is 19.7. The van der Waals surface area contributed by atoms with Crippen molar-refractivity contribution in [2.24, 2.45) is 0 Å². The Morgan fingerprint density at radius 1 is 1.27 bits per heavy atom. The van der Waals surface area contributed by atoms with Gasteiger partial charge in [0.25, 0.3) is 11.6 Å². The van der Waals surface area contributed by atoms with E-state index in [1.165, 1.54) is 6.07 Å². The van der Waals surface area contributed by atoms with Crippen LogP contribution in [0.15, 0.2) is 34.8 Å². The highest BCUT2D eigenvalue weighted by molar-refractivity contribution is 9.10. The molecule has 2 aromatic carbocycles. The number of nitro groups is 1. The van der Waals surface area contributed by atoms with Crippen LogP contribution in [0.1, 0.15) is 10.4 Å². The SMILES string of the molecule is O=C(COC(=O)c1ccc(Cl)cc1[N+](=O)[O-])Nc1c(F)cc(F)cc1Br. The highest BCUT2D eigenvalue weighted by Gasteiger charge is 2.23. The molecule has 0 heterocycles. The Kier molecular flexibility index (Phi) is 6.22. The molecule has 0 aliphatic heterocycles. The van der Waals surface area contributed by atoms with Crippen LogP contribution in [-0.4, -0.2) is 23.4 Å². The van der Waals surface area contributed by atoms with Crippen molar-refractivity contribution in [1.29, 1.82) is 0 Å². The number of nitrogens with one attached hydrogen (secondary N) is 1. The number of hydrogen-bond donors (Lipinski definition) is 1. The monoisotopic (exact) mass is 448 g/mol. The third-order valence-corrected chi connectivity index (χ3v) is 3.84. The van der Waals surface area contributed by atoms with Crippen molar-refractivity contribution >= 4 is 50.8 Å². The fourth-order valence-corrected chi connectivity index (χ4v) is 2.55. The first-order valence-corrected chi connectivity index (χ1v) is 7.91. The summed E-state index contributed by atoms with van der Waals surface area (Å²) in [6.07, 6.45) is 0. The van der Waals surface area contributed by atoms with E-state index in [1.807, 2.05) is 0 Å². The highest BCUT2D eigenvalue weighted by atomic mass is 79.9. The number of rotatable bonds is 5. The average Bonchev–Trinajstić information content (AvgIpc) is 2.55. The van der Waals surface area contributed by atoms with Gasteiger partial charge in [0.15, 0.2) is 12.4 Å². The topological polar surface area (TPSA) is 98.5 Å². The summed E-state index contributed by atoms with van der Waals surface area (Å²) in [7, 11) is 0. The molecular weight excluding hydrogens is 442 g/mol. The lowest BCUT2D eigenvalue weighted by Gasteiger charge is -2.09. The van der Waals surface area contributed by atoms with Gasteiger partial charge in [0, 0.05) is 21.6 Å². The minimum atomic E-state index is -1.14. The van der Waals surface area contributed by atoms with Crippen molar-refractivity contribution in [1.82, 2.24) is 0 Å². The second-order valence-corrected chi connectivity index (χ2v) is 6.08. The molecular formula is C15H8BrClF2N2O5. The number of nitrogens with zero attached hydrogens (tertiary/aromatic N) is 1. The van der Waals surface area contributed by atoms with Crippen LogP contribution in [0, 0.1) is 21.7 Å². The fraction of sp³-hybridized carbons (Fsp3) is 0.0667. The zero-order valence-electron chi connectivity index (χ0n) is 12.6. The third-order valence-electron chi connectivity index (χ3n) is 2.98. The third kappa shape index (κ3) is 4.73. The number of carbonyl (C=O) groups excluding carboxylic acids is 2. The quantitative estimate of drug-likeness (QED) is 0.421. The Morgan fingerprint density at radius 3 is 2.58 bits per heavy atom. The molecule has 7 nitrogen and oxygen atoms in total. The summed E-state index contributed by atoms with van der Waals surface area (Å²) in [5, 5.41) is 13.1. The minimum Gasteiger partial charge on any atom is -0.452 e. The molecule has 0 radical (unpaired) electrons. The van der Waals surface area contributed by atoms with E-state index in [0.29, 0.717) is 6.07 Å². The Balaban J connectivity index is 2.07. The standard InChI is InChI=1S/C15H8BrClF2N2O5/c16-10-4-8(18)5-11(19)14(10)20-13(22)6-26-15(23)9-2-1-7(17)3-12(9)21(24)25/h1-5H,6H2,(H,20,22). The second-order valence-electron chi connectivity index (χ2n) is 4.79. The molecule has 26 heavy (non-hydrogen) atoms. The fourth-order valence-electron chi connectivity index (χ4n) is 1.87. The predicted molar refractivity (Wildman–Crippen MR) is 91.1 cm³/mol. The summed E-state index contributed by atoms with van der Waals surface area (Å²) in [5.41, 5.74) is -1.33.